The number of thioether (sulfide) groups is 1. The smallest absolute Gasteiger partial charge is 0.289 e. The minimum Gasteiger partial charge on any atom is -0.345 e. The molecular weight excluding hydrogens is 316 g/mol. The summed E-state index contributed by atoms with van der Waals surface area (Å²) in [6.45, 7) is 0.949. The summed E-state index contributed by atoms with van der Waals surface area (Å²) >= 11 is 1.03. The number of likely N-dealkylation sites (tertiary alicyclic amines) is 1. The van der Waals surface area contributed by atoms with Gasteiger partial charge in [-0.3, -0.25) is 19.3 Å². The van der Waals surface area contributed by atoms with Crippen molar-refractivity contribution in [3.05, 3.63) is 30.1 Å². The molecule has 2 saturated heterocycles. The summed E-state index contributed by atoms with van der Waals surface area (Å²) in [5.41, 5.74) is 2.20. The average molecular weight is 330 g/mol. The van der Waals surface area contributed by atoms with Crippen molar-refractivity contribution in [1.82, 2.24) is 19.8 Å². The number of nitrogens with zero attached hydrogens (tertiary/aromatic N) is 3. The third kappa shape index (κ3) is 2.39. The molecule has 1 atom stereocenters. The van der Waals surface area contributed by atoms with Gasteiger partial charge in [0.1, 0.15) is 0 Å². The maximum atomic E-state index is 12.6. The first-order valence-corrected chi connectivity index (χ1v) is 8.33. The number of imide groups is 1. The number of carbonyl (C=O) groups is 3. The van der Waals surface area contributed by atoms with Crippen LogP contribution in [0.5, 0.6) is 0 Å². The van der Waals surface area contributed by atoms with Gasteiger partial charge in [-0.05, 0) is 24.6 Å². The fraction of sp³-hybridized carbons (Fsp3) is 0.333. The second kappa shape index (κ2) is 5.38. The lowest BCUT2D eigenvalue weighted by molar-refractivity contribution is -0.126. The van der Waals surface area contributed by atoms with Gasteiger partial charge in [0.15, 0.2) is 0 Å². The van der Waals surface area contributed by atoms with Crippen LogP contribution < -0.4 is 0 Å². The van der Waals surface area contributed by atoms with E-state index in [1.54, 1.807) is 29.4 Å². The lowest BCUT2D eigenvalue weighted by atomic mass is 10.2. The van der Waals surface area contributed by atoms with Gasteiger partial charge in [-0.25, -0.2) is 4.98 Å². The van der Waals surface area contributed by atoms with Gasteiger partial charge < -0.3 is 9.88 Å². The maximum absolute atomic E-state index is 12.6. The number of H-pyrrole nitrogens is 1. The molecule has 1 unspecified atom stereocenters. The standard InChI is InChI=1S/C15H14N4O3S/c20-13-7-23-15(22)19(13)10-3-4-18(6-10)14(21)9-1-2-11-12(5-9)17-8-16-11/h1-2,5,8,10H,3-4,6-7H2,(H,16,17). The van der Waals surface area contributed by atoms with Crippen LogP contribution in [0.25, 0.3) is 11.0 Å². The van der Waals surface area contributed by atoms with Gasteiger partial charge in [0.2, 0.25) is 5.91 Å². The molecule has 23 heavy (non-hydrogen) atoms. The van der Waals surface area contributed by atoms with Gasteiger partial charge in [0.25, 0.3) is 11.1 Å². The lowest BCUT2D eigenvalue weighted by Crippen LogP contribution is -2.41. The number of hydrogen-bond donors (Lipinski definition) is 1. The van der Waals surface area contributed by atoms with Crippen molar-refractivity contribution < 1.29 is 14.4 Å². The zero-order valence-corrected chi connectivity index (χ0v) is 13.0. The first-order chi connectivity index (χ1) is 11.1. The quantitative estimate of drug-likeness (QED) is 0.901. The van der Waals surface area contributed by atoms with Crippen LogP contribution in [0.15, 0.2) is 24.5 Å². The number of fused-ring (bicyclic) bond motifs is 1. The first-order valence-electron chi connectivity index (χ1n) is 7.35. The van der Waals surface area contributed by atoms with E-state index in [4.69, 9.17) is 0 Å². The van der Waals surface area contributed by atoms with E-state index >= 15 is 0 Å². The molecule has 1 aromatic heterocycles. The maximum Gasteiger partial charge on any atom is 0.289 e. The topological polar surface area (TPSA) is 86.4 Å². The lowest BCUT2D eigenvalue weighted by Gasteiger charge is -2.22. The molecule has 3 amide bonds. The highest BCUT2D eigenvalue weighted by atomic mass is 32.2. The summed E-state index contributed by atoms with van der Waals surface area (Å²) in [5.74, 6) is -0.0336. The number of nitrogens with one attached hydrogen (secondary N) is 1. The summed E-state index contributed by atoms with van der Waals surface area (Å²) in [7, 11) is 0. The number of amides is 3. The molecule has 0 saturated carbocycles. The van der Waals surface area contributed by atoms with Gasteiger partial charge >= 0.3 is 0 Å². The van der Waals surface area contributed by atoms with Crippen molar-refractivity contribution in [2.75, 3.05) is 18.8 Å². The number of rotatable bonds is 2. The SMILES string of the molecule is O=C(c1ccc2nc[nH]c2c1)N1CCC(N2C(=O)CSC2=O)C1. The van der Waals surface area contributed by atoms with Crippen molar-refractivity contribution in [3.8, 4) is 0 Å². The van der Waals surface area contributed by atoms with Gasteiger partial charge in [-0.2, -0.15) is 0 Å². The predicted octanol–water partition coefficient (Wildman–Crippen LogP) is 1.47. The van der Waals surface area contributed by atoms with Gasteiger partial charge in [0, 0.05) is 18.7 Å². The average Bonchev–Trinajstić information content (AvgIpc) is 3.26. The fourth-order valence-corrected chi connectivity index (χ4v) is 3.88. The molecule has 2 aromatic rings. The molecule has 1 aromatic carbocycles. The minimum absolute atomic E-state index is 0.0873. The highest BCUT2D eigenvalue weighted by Crippen LogP contribution is 2.27. The number of imidazole rings is 1. The summed E-state index contributed by atoms with van der Waals surface area (Å²) in [6.07, 6.45) is 2.23. The van der Waals surface area contributed by atoms with E-state index in [2.05, 4.69) is 9.97 Å². The molecule has 0 spiro atoms. The van der Waals surface area contributed by atoms with Crippen molar-refractivity contribution in [1.29, 1.82) is 0 Å². The predicted molar refractivity (Wildman–Crippen MR) is 85.1 cm³/mol. The van der Waals surface area contributed by atoms with E-state index in [1.165, 1.54) is 4.90 Å². The number of aromatic amines is 1. The van der Waals surface area contributed by atoms with Crippen molar-refractivity contribution >= 4 is 39.8 Å². The van der Waals surface area contributed by atoms with Gasteiger partial charge in [-0.1, -0.05) is 11.8 Å². The van der Waals surface area contributed by atoms with Crippen LogP contribution in [0.4, 0.5) is 4.79 Å². The second-order valence-electron chi connectivity index (χ2n) is 5.65. The molecule has 4 rings (SSSR count). The summed E-state index contributed by atoms with van der Waals surface area (Å²) in [6, 6.07) is 5.13. The zero-order valence-electron chi connectivity index (χ0n) is 12.2. The molecule has 0 aliphatic carbocycles. The van der Waals surface area contributed by atoms with E-state index in [-0.39, 0.29) is 28.8 Å². The first kappa shape index (κ1) is 14.3. The van der Waals surface area contributed by atoms with Gasteiger partial charge in [0.05, 0.1) is 29.2 Å². The molecule has 8 heteroatoms. The third-order valence-corrected chi connectivity index (χ3v) is 5.10. The molecule has 2 fully saturated rings. The molecule has 3 heterocycles. The van der Waals surface area contributed by atoms with Crippen LogP contribution in [0.3, 0.4) is 0 Å². The highest BCUT2D eigenvalue weighted by Gasteiger charge is 2.40. The normalized spacial score (nSPS) is 21.7. The summed E-state index contributed by atoms with van der Waals surface area (Å²) < 4.78 is 0. The Balaban J connectivity index is 1.51. The van der Waals surface area contributed by atoms with E-state index < -0.39 is 0 Å². The monoisotopic (exact) mass is 330 g/mol. The Hall–Kier alpha value is -2.35. The largest absolute Gasteiger partial charge is 0.345 e. The molecule has 1 N–H and O–H groups in total. The van der Waals surface area contributed by atoms with Crippen molar-refractivity contribution in [2.24, 2.45) is 0 Å². The highest BCUT2D eigenvalue weighted by molar-refractivity contribution is 8.14. The van der Waals surface area contributed by atoms with Crippen LogP contribution in [0.2, 0.25) is 0 Å². The van der Waals surface area contributed by atoms with Crippen LogP contribution in [0.1, 0.15) is 16.8 Å². The number of carbonyl (C=O) groups excluding carboxylic acids is 3. The Labute approximate surface area is 136 Å². The van der Waals surface area contributed by atoms with E-state index in [1.807, 2.05) is 0 Å². The molecule has 7 nitrogen and oxygen atoms in total. The molecule has 118 valence electrons. The van der Waals surface area contributed by atoms with E-state index in [0.29, 0.717) is 25.1 Å². The summed E-state index contributed by atoms with van der Waals surface area (Å²) in [5, 5.41) is -0.201. The Morgan fingerprint density at radius 2 is 2.22 bits per heavy atom. The Kier molecular flexibility index (Phi) is 3.33. The Morgan fingerprint density at radius 3 is 3.00 bits per heavy atom. The Morgan fingerprint density at radius 1 is 1.35 bits per heavy atom. The van der Waals surface area contributed by atoms with Crippen LogP contribution in [0, 0.1) is 0 Å². The molecule has 0 radical (unpaired) electrons. The fourth-order valence-electron chi connectivity index (χ4n) is 3.11. The van der Waals surface area contributed by atoms with E-state index in [9.17, 15) is 14.4 Å². The molecule has 2 aliphatic heterocycles. The van der Waals surface area contributed by atoms with Gasteiger partial charge in [-0.15, -0.1) is 0 Å². The number of hydrogen-bond acceptors (Lipinski definition) is 5. The van der Waals surface area contributed by atoms with Crippen molar-refractivity contribution in [2.45, 2.75) is 12.5 Å². The zero-order chi connectivity index (χ0) is 16.0. The van der Waals surface area contributed by atoms with Crippen LogP contribution in [-0.4, -0.2) is 61.7 Å². The molecule has 0 bridgehead atoms. The third-order valence-electron chi connectivity index (χ3n) is 4.27. The second-order valence-corrected chi connectivity index (χ2v) is 6.57. The number of aromatic nitrogens is 2. The Bertz CT molecular complexity index is 802. The van der Waals surface area contributed by atoms with E-state index in [0.717, 1.165) is 22.8 Å². The van der Waals surface area contributed by atoms with Crippen LogP contribution >= 0.6 is 11.8 Å². The van der Waals surface area contributed by atoms with Crippen LogP contribution in [-0.2, 0) is 4.79 Å². The molecular formula is C15H14N4O3S. The minimum atomic E-state index is -0.204. The molecule has 2 aliphatic rings. The summed E-state index contributed by atoms with van der Waals surface area (Å²) in [4.78, 5) is 46.4. The number of benzene rings is 1. The van der Waals surface area contributed by atoms with Crippen molar-refractivity contribution in [3.63, 3.8) is 0 Å².